The summed E-state index contributed by atoms with van der Waals surface area (Å²) in [5.41, 5.74) is 1.72. The molecule has 150 valence electrons. The van der Waals surface area contributed by atoms with Gasteiger partial charge < -0.3 is 19.5 Å². The molecule has 0 atom stereocenters. The van der Waals surface area contributed by atoms with Gasteiger partial charge in [0.15, 0.2) is 0 Å². The van der Waals surface area contributed by atoms with Crippen LogP contribution in [0.15, 0.2) is 48.5 Å². The van der Waals surface area contributed by atoms with E-state index in [2.05, 4.69) is 15.1 Å². The number of amides is 1. The predicted octanol–water partition coefficient (Wildman–Crippen LogP) is 3.16. The van der Waals surface area contributed by atoms with Crippen LogP contribution in [0.2, 0.25) is 0 Å². The van der Waals surface area contributed by atoms with Crippen LogP contribution in [0.3, 0.4) is 0 Å². The maximum Gasteiger partial charge on any atom is 0.411 e. The van der Waals surface area contributed by atoms with Crippen molar-refractivity contribution < 1.29 is 19.4 Å². The zero-order valence-electron chi connectivity index (χ0n) is 16.1. The molecule has 2 aromatic carbocycles. The van der Waals surface area contributed by atoms with Gasteiger partial charge in [0.25, 0.3) is 0 Å². The molecule has 7 heteroatoms. The second kappa shape index (κ2) is 9.85. The quantitative estimate of drug-likeness (QED) is 0.763. The molecular weight excluding hydrogens is 358 g/mol. The fourth-order valence-electron chi connectivity index (χ4n) is 3.16. The van der Waals surface area contributed by atoms with Crippen LogP contribution in [-0.2, 0) is 4.74 Å². The van der Waals surface area contributed by atoms with Gasteiger partial charge in [-0.3, -0.25) is 10.2 Å². The number of hydrogen-bond donors (Lipinski definition) is 2. The molecular formula is C21H27N3O4. The summed E-state index contributed by atoms with van der Waals surface area (Å²) in [7, 11) is 0. The number of nitrogens with zero attached hydrogens (tertiary/aromatic N) is 2. The van der Waals surface area contributed by atoms with Gasteiger partial charge in [-0.2, -0.15) is 0 Å². The van der Waals surface area contributed by atoms with Crippen molar-refractivity contribution >= 4 is 17.5 Å². The van der Waals surface area contributed by atoms with Crippen LogP contribution >= 0.6 is 0 Å². The molecule has 7 nitrogen and oxygen atoms in total. The van der Waals surface area contributed by atoms with Gasteiger partial charge in [0.05, 0.1) is 12.3 Å². The van der Waals surface area contributed by atoms with Crippen molar-refractivity contribution in [2.45, 2.75) is 6.92 Å². The Kier molecular flexibility index (Phi) is 6.97. The summed E-state index contributed by atoms with van der Waals surface area (Å²) in [4.78, 5) is 16.6. The van der Waals surface area contributed by atoms with E-state index in [1.807, 2.05) is 37.3 Å². The lowest BCUT2D eigenvalue weighted by Gasteiger charge is -2.35. The number of ether oxygens (including phenoxy) is 2. The van der Waals surface area contributed by atoms with Crippen molar-refractivity contribution in [3.05, 3.63) is 48.5 Å². The van der Waals surface area contributed by atoms with E-state index in [1.54, 1.807) is 18.2 Å². The van der Waals surface area contributed by atoms with Crippen LogP contribution in [-0.4, -0.2) is 62.0 Å². The summed E-state index contributed by atoms with van der Waals surface area (Å²) in [6.07, 6.45) is -0.477. The molecule has 28 heavy (non-hydrogen) atoms. The molecule has 0 spiro atoms. The number of carbonyl (C=O) groups is 1. The fraction of sp³-hybridized carbons (Fsp3) is 0.381. The molecule has 1 aliphatic rings. The number of anilines is 2. The highest BCUT2D eigenvalue weighted by molar-refractivity contribution is 5.86. The summed E-state index contributed by atoms with van der Waals surface area (Å²) < 4.78 is 10.8. The molecule has 0 aliphatic carbocycles. The normalized spacial score (nSPS) is 14.5. The van der Waals surface area contributed by atoms with E-state index in [1.165, 1.54) is 0 Å². The van der Waals surface area contributed by atoms with Crippen LogP contribution in [0.5, 0.6) is 11.5 Å². The average molecular weight is 385 g/mol. The van der Waals surface area contributed by atoms with E-state index in [9.17, 15) is 9.90 Å². The number of benzene rings is 2. The minimum atomic E-state index is -0.477. The Morgan fingerprint density at radius 1 is 1.07 bits per heavy atom. The molecule has 0 bridgehead atoms. The third-order valence-corrected chi connectivity index (χ3v) is 4.65. The molecule has 1 heterocycles. The van der Waals surface area contributed by atoms with Crippen LogP contribution in [0.1, 0.15) is 6.92 Å². The molecule has 0 saturated carbocycles. The maximum absolute atomic E-state index is 12.0. The summed E-state index contributed by atoms with van der Waals surface area (Å²) >= 11 is 0. The van der Waals surface area contributed by atoms with Crippen molar-refractivity contribution in [3.63, 3.8) is 0 Å². The number of hydrogen-bond acceptors (Lipinski definition) is 6. The Bertz CT molecular complexity index is 759. The molecule has 0 unspecified atom stereocenters. The monoisotopic (exact) mass is 385 g/mol. The third-order valence-electron chi connectivity index (χ3n) is 4.65. The van der Waals surface area contributed by atoms with Crippen LogP contribution < -0.4 is 15.0 Å². The number of rotatable bonds is 7. The first-order chi connectivity index (χ1) is 13.7. The lowest BCUT2D eigenvalue weighted by atomic mass is 10.2. The summed E-state index contributed by atoms with van der Waals surface area (Å²) in [6, 6.07) is 14.6. The molecule has 1 aliphatic heterocycles. The number of nitrogens with one attached hydrogen (secondary N) is 1. The van der Waals surface area contributed by atoms with Crippen molar-refractivity contribution in [3.8, 4) is 11.5 Å². The molecule has 1 amide bonds. The summed E-state index contributed by atoms with van der Waals surface area (Å²) in [6.45, 7) is 7.07. The van der Waals surface area contributed by atoms with E-state index in [-0.39, 0.29) is 5.75 Å². The Balaban J connectivity index is 1.38. The van der Waals surface area contributed by atoms with Gasteiger partial charge in [0.2, 0.25) is 0 Å². The van der Waals surface area contributed by atoms with E-state index >= 15 is 0 Å². The first-order valence-electron chi connectivity index (χ1n) is 9.57. The zero-order chi connectivity index (χ0) is 19.8. The van der Waals surface area contributed by atoms with Gasteiger partial charge in [-0.25, -0.2) is 4.79 Å². The first-order valence-corrected chi connectivity index (χ1v) is 9.57. The van der Waals surface area contributed by atoms with E-state index < -0.39 is 6.09 Å². The van der Waals surface area contributed by atoms with Crippen LogP contribution in [0.25, 0.3) is 0 Å². The standard InChI is InChI=1S/C21H27N3O4/c1-2-27-20-6-4-3-5-19(20)22-21(26)28-16-15-23-11-13-24(14-12-23)17-7-9-18(25)10-8-17/h3-10,25H,2,11-16H2,1H3,(H,22,26). The number of carbonyl (C=O) groups excluding carboxylic acids is 1. The highest BCUT2D eigenvalue weighted by Crippen LogP contribution is 2.23. The van der Waals surface area contributed by atoms with Crippen molar-refractivity contribution in [1.82, 2.24) is 4.90 Å². The number of para-hydroxylation sites is 2. The Hall–Kier alpha value is -2.93. The number of phenols is 1. The summed E-state index contributed by atoms with van der Waals surface area (Å²) in [5.74, 6) is 0.911. The fourth-order valence-corrected chi connectivity index (χ4v) is 3.16. The van der Waals surface area contributed by atoms with Gasteiger partial charge in [-0.1, -0.05) is 12.1 Å². The second-order valence-corrected chi connectivity index (χ2v) is 6.54. The van der Waals surface area contributed by atoms with Gasteiger partial charge in [0, 0.05) is 38.4 Å². The lowest BCUT2D eigenvalue weighted by Crippen LogP contribution is -2.47. The third kappa shape index (κ3) is 5.53. The minimum absolute atomic E-state index is 0.279. The Morgan fingerprint density at radius 2 is 1.79 bits per heavy atom. The summed E-state index contributed by atoms with van der Waals surface area (Å²) in [5, 5.41) is 12.1. The average Bonchev–Trinajstić information content (AvgIpc) is 2.71. The molecule has 1 fully saturated rings. The van der Waals surface area contributed by atoms with E-state index in [4.69, 9.17) is 9.47 Å². The first kappa shape index (κ1) is 19.8. The molecule has 2 N–H and O–H groups in total. The molecule has 2 aromatic rings. The molecule has 0 aromatic heterocycles. The van der Waals surface area contributed by atoms with E-state index in [0.29, 0.717) is 31.2 Å². The predicted molar refractivity (Wildman–Crippen MR) is 109 cm³/mol. The van der Waals surface area contributed by atoms with Crippen molar-refractivity contribution in [2.75, 3.05) is 56.2 Å². The Morgan fingerprint density at radius 3 is 2.50 bits per heavy atom. The maximum atomic E-state index is 12.0. The zero-order valence-corrected chi connectivity index (χ0v) is 16.1. The smallest absolute Gasteiger partial charge is 0.411 e. The van der Waals surface area contributed by atoms with Crippen molar-refractivity contribution in [2.24, 2.45) is 0 Å². The number of aromatic hydroxyl groups is 1. The second-order valence-electron chi connectivity index (χ2n) is 6.54. The van der Waals surface area contributed by atoms with Gasteiger partial charge in [-0.15, -0.1) is 0 Å². The van der Waals surface area contributed by atoms with Gasteiger partial charge in [-0.05, 0) is 43.3 Å². The minimum Gasteiger partial charge on any atom is -0.508 e. The number of piperazine rings is 1. The van der Waals surface area contributed by atoms with Crippen molar-refractivity contribution in [1.29, 1.82) is 0 Å². The molecule has 0 radical (unpaired) electrons. The van der Waals surface area contributed by atoms with Gasteiger partial charge in [0.1, 0.15) is 18.1 Å². The molecule has 3 rings (SSSR count). The van der Waals surface area contributed by atoms with Crippen LogP contribution in [0, 0.1) is 0 Å². The topological polar surface area (TPSA) is 74.3 Å². The molecule has 1 saturated heterocycles. The highest BCUT2D eigenvalue weighted by atomic mass is 16.5. The van der Waals surface area contributed by atoms with E-state index in [0.717, 1.165) is 31.9 Å². The highest BCUT2D eigenvalue weighted by Gasteiger charge is 2.17. The van der Waals surface area contributed by atoms with Crippen LogP contribution in [0.4, 0.5) is 16.2 Å². The Labute approximate surface area is 165 Å². The SMILES string of the molecule is CCOc1ccccc1NC(=O)OCCN1CCN(c2ccc(O)cc2)CC1. The lowest BCUT2D eigenvalue weighted by molar-refractivity contribution is 0.137. The van der Waals surface area contributed by atoms with Gasteiger partial charge >= 0.3 is 6.09 Å². The number of phenolic OH excluding ortho intramolecular Hbond substituents is 1. The largest absolute Gasteiger partial charge is 0.508 e.